The van der Waals surface area contributed by atoms with Crippen LogP contribution in [0.4, 0.5) is 11.4 Å². The van der Waals surface area contributed by atoms with Gasteiger partial charge in [-0.1, -0.05) is 6.07 Å². The number of carbonyl (C=O) groups excluding carboxylic acids is 1. The highest BCUT2D eigenvalue weighted by molar-refractivity contribution is 6.00. The van der Waals surface area contributed by atoms with Crippen LogP contribution in [0, 0.1) is 10.1 Å². The van der Waals surface area contributed by atoms with Crippen LogP contribution in [0.15, 0.2) is 42.6 Å². The number of nitro benzene ring substituents is 1. The molecule has 9 heteroatoms. The summed E-state index contributed by atoms with van der Waals surface area (Å²) in [5, 5.41) is 21.8. The van der Waals surface area contributed by atoms with Crippen molar-refractivity contribution in [2.75, 3.05) is 19.0 Å². The number of fused-ring (bicyclic) bond motifs is 1. The first-order chi connectivity index (χ1) is 12.0. The lowest BCUT2D eigenvalue weighted by atomic mass is 10.1. The Hall–Kier alpha value is -3.49. The number of nitrogens with one attached hydrogen (secondary N) is 1. The van der Waals surface area contributed by atoms with Crippen LogP contribution >= 0.6 is 0 Å². The van der Waals surface area contributed by atoms with Crippen LogP contribution < -0.4 is 10.2 Å². The van der Waals surface area contributed by atoms with Crippen molar-refractivity contribution in [2.24, 2.45) is 0 Å². The highest BCUT2D eigenvalue weighted by atomic mass is 16.6. The van der Waals surface area contributed by atoms with Crippen molar-refractivity contribution in [2.45, 2.75) is 6.54 Å². The molecule has 0 radical (unpaired) electrons. The predicted molar refractivity (Wildman–Crippen MR) is 91.6 cm³/mol. The monoisotopic (exact) mass is 340 g/mol. The van der Waals surface area contributed by atoms with E-state index in [0.29, 0.717) is 17.2 Å². The largest absolute Gasteiger partial charge is 0.377 e. The van der Waals surface area contributed by atoms with Crippen molar-refractivity contribution in [1.82, 2.24) is 19.9 Å². The molecule has 0 fully saturated rings. The maximum Gasteiger partial charge on any atom is 0.270 e. The van der Waals surface area contributed by atoms with E-state index in [2.05, 4.69) is 15.5 Å². The summed E-state index contributed by atoms with van der Waals surface area (Å²) in [7, 11) is 3.54. The second kappa shape index (κ2) is 6.56. The number of nitro groups is 1. The fourth-order valence-electron chi connectivity index (χ4n) is 2.48. The van der Waals surface area contributed by atoms with Crippen LogP contribution in [-0.4, -0.2) is 39.5 Å². The van der Waals surface area contributed by atoms with Gasteiger partial charge in [0.15, 0.2) is 11.5 Å². The molecule has 0 aliphatic rings. The number of benzene rings is 1. The van der Waals surface area contributed by atoms with E-state index in [0.717, 1.165) is 0 Å². The van der Waals surface area contributed by atoms with Gasteiger partial charge < -0.3 is 10.2 Å². The number of nitrogens with zero attached hydrogens (tertiary/aromatic N) is 5. The fourth-order valence-corrected chi connectivity index (χ4v) is 2.48. The van der Waals surface area contributed by atoms with Crippen molar-refractivity contribution >= 4 is 22.9 Å². The summed E-state index contributed by atoms with van der Waals surface area (Å²) in [6.45, 7) is 0.152. The average Bonchev–Trinajstić information content (AvgIpc) is 3.02. The zero-order valence-electron chi connectivity index (χ0n) is 13.7. The molecule has 2 aromatic heterocycles. The second-order valence-corrected chi connectivity index (χ2v) is 5.58. The predicted octanol–water partition coefficient (Wildman–Crippen LogP) is 1.63. The zero-order valence-corrected chi connectivity index (χ0v) is 13.7. The van der Waals surface area contributed by atoms with Gasteiger partial charge in [-0.2, -0.15) is 0 Å². The van der Waals surface area contributed by atoms with Gasteiger partial charge in [-0.15, -0.1) is 10.2 Å². The number of anilines is 1. The Morgan fingerprint density at radius 1 is 1.28 bits per heavy atom. The molecule has 1 aromatic carbocycles. The van der Waals surface area contributed by atoms with Gasteiger partial charge in [0.2, 0.25) is 0 Å². The lowest BCUT2D eigenvalue weighted by molar-refractivity contribution is -0.384. The Kier molecular flexibility index (Phi) is 4.29. The summed E-state index contributed by atoms with van der Waals surface area (Å²) >= 11 is 0. The van der Waals surface area contributed by atoms with Gasteiger partial charge in [-0.05, 0) is 18.2 Å². The van der Waals surface area contributed by atoms with E-state index in [-0.39, 0.29) is 17.8 Å². The minimum Gasteiger partial charge on any atom is -0.377 e. The summed E-state index contributed by atoms with van der Waals surface area (Å²) in [5.41, 5.74) is 1.36. The average molecular weight is 340 g/mol. The summed E-state index contributed by atoms with van der Waals surface area (Å²) in [5.74, 6) is 0.154. The van der Waals surface area contributed by atoms with Crippen LogP contribution in [0.1, 0.15) is 16.2 Å². The van der Waals surface area contributed by atoms with E-state index >= 15 is 0 Å². The molecule has 0 spiro atoms. The highest BCUT2D eigenvalue weighted by Gasteiger charge is 2.18. The number of carbonyl (C=O) groups is 1. The maximum atomic E-state index is 12.6. The number of amides is 1. The number of pyridine rings is 1. The smallest absolute Gasteiger partial charge is 0.270 e. The standard InChI is InChI=1S/C16H16N6O3/c1-20(2)13-7-6-11(22(24)25)9-12(13)16(23)17-10-15-19-18-14-5-3-4-8-21(14)15/h3-9H,10H2,1-2H3,(H,17,23). The molecule has 0 saturated heterocycles. The molecule has 2 heterocycles. The maximum absolute atomic E-state index is 12.6. The summed E-state index contributed by atoms with van der Waals surface area (Å²) in [4.78, 5) is 24.7. The van der Waals surface area contributed by atoms with Crippen LogP contribution in [0.5, 0.6) is 0 Å². The topological polar surface area (TPSA) is 106 Å². The van der Waals surface area contributed by atoms with Gasteiger partial charge in [0.1, 0.15) is 0 Å². The van der Waals surface area contributed by atoms with Crippen LogP contribution in [0.2, 0.25) is 0 Å². The van der Waals surface area contributed by atoms with Crippen LogP contribution in [0.3, 0.4) is 0 Å². The third-order valence-electron chi connectivity index (χ3n) is 3.71. The minimum absolute atomic E-state index is 0.135. The number of hydrogen-bond acceptors (Lipinski definition) is 6. The van der Waals surface area contributed by atoms with Crippen molar-refractivity contribution in [3.05, 3.63) is 64.1 Å². The lowest BCUT2D eigenvalue weighted by Crippen LogP contribution is -2.26. The molecule has 3 rings (SSSR count). The molecule has 0 saturated carbocycles. The van der Waals surface area contributed by atoms with E-state index in [1.165, 1.54) is 12.1 Å². The van der Waals surface area contributed by atoms with Gasteiger partial charge in [0.05, 0.1) is 17.0 Å². The van der Waals surface area contributed by atoms with Gasteiger partial charge in [-0.25, -0.2) is 0 Å². The van der Waals surface area contributed by atoms with Gasteiger partial charge in [-0.3, -0.25) is 19.3 Å². The van der Waals surface area contributed by atoms with E-state index in [9.17, 15) is 14.9 Å². The highest BCUT2D eigenvalue weighted by Crippen LogP contribution is 2.24. The molecule has 1 amide bonds. The van der Waals surface area contributed by atoms with Gasteiger partial charge in [0, 0.05) is 38.1 Å². The number of aromatic nitrogens is 3. The molecule has 0 bridgehead atoms. The normalized spacial score (nSPS) is 10.6. The molecule has 1 N–H and O–H groups in total. The van der Waals surface area contributed by atoms with Gasteiger partial charge >= 0.3 is 0 Å². The van der Waals surface area contributed by atoms with Crippen LogP contribution in [-0.2, 0) is 6.54 Å². The number of hydrogen-bond donors (Lipinski definition) is 1. The quantitative estimate of drug-likeness (QED) is 0.559. The third kappa shape index (κ3) is 3.25. The van der Waals surface area contributed by atoms with Gasteiger partial charge in [0.25, 0.3) is 11.6 Å². The summed E-state index contributed by atoms with van der Waals surface area (Å²) in [6.07, 6.45) is 1.80. The SMILES string of the molecule is CN(C)c1ccc([N+](=O)[O-])cc1C(=O)NCc1nnc2ccccn12. The molecule has 128 valence electrons. The minimum atomic E-state index is -0.526. The molecule has 3 aromatic rings. The molecule has 0 atom stereocenters. The van der Waals surface area contributed by atoms with Crippen molar-refractivity contribution in [3.8, 4) is 0 Å². The van der Waals surface area contributed by atoms with Crippen LogP contribution in [0.25, 0.3) is 5.65 Å². The Bertz CT molecular complexity index is 950. The first-order valence-electron chi connectivity index (χ1n) is 7.50. The number of non-ortho nitro benzene ring substituents is 1. The lowest BCUT2D eigenvalue weighted by Gasteiger charge is -2.16. The Labute approximate surface area is 143 Å². The molecule has 25 heavy (non-hydrogen) atoms. The first kappa shape index (κ1) is 16.4. The van der Waals surface area contributed by atoms with E-state index in [1.807, 2.05) is 18.2 Å². The zero-order chi connectivity index (χ0) is 18.0. The van der Waals surface area contributed by atoms with E-state index in [1.54, 1.807) is 35.7 Å². The van der Waals surface area contributed by atoms with E-state index < -0.39 is 10.8 Å². The Balaban J connectivity index is 1.85. The molecule has 0 unspecified atom stereocenters. The van der Waals surface area contributed by atoms with E-state index in [4.69, 9.17) is 0 Å². The molecule has 0 aliphatic carbocycles. The van der Waals surface area contributed by atoms with Crippen molar-refractivity contribution < 1.29 is 9.72 Å². The molecule has 9 nitrogen and oxygen atoms in total. The molecular weight excluding hydrogens is 324 g/mol. The van der Waals surface area contributed by atoms with Crippen molar-refractivity contribution in [3.63, 3.8) is 0 Å². The second-order valence-electron chi connectivity index (χ2n) is 5.58. The first-order valence-corrected chi connectivity index (χ1v) is 7.50. The van der Waals surface area contributed by atoms with Crippen molar-refractivity contribution in [1.29, 1.82) is 0 Å². The third-order valence-corrected chi connectivity index (χ3v) is 3.71. The molecule has 0 aliphatic heterocycles. The fraction of sp³-hybridized carbons (Fsp3) is 0.188. The summed E-state index contributed by atoms with van der Waals surface area (Å²) < 4.78 is 1.76. The Morgan fingerprint density at radius 2 is 2.08 bits per heavy atom. The number of rotatable bonds is 5. The molecular formula is C16H16N6O3. The Morgan fingerprint density at radius 3 is 2.80 bits per heavy atom. The summed E-state index contributed by atoms with van der Waals surface area (Å²) in [6, 6.07) is 9.69.